The monoisotopic (exact) mass is 332 g/mol. The van der Waals surface area contributed by atoms with Crippen LogP contribution >= 0.6 is 27.5 Å². The van der Waals surface area contributed by atoms with E-state index in [1.807, 2.05) is 0 Å². The highest BCUT2D eigenvalue weighted by Gasteiger charge is 2.18. The van der Waals surface area contributed by atoms with Gasteiger partial charge in [0.25, 0.3) is 0 Å². The number of aliphatic hydroxyl groups is 1. The Kier molecular flexibility index (Phi) is 4.04. The molecule has 1 heterocycles. The highest BCUT2D eigenvalue weighted by molar-refractivity contribution is 9.10. The summed E-state index contributed by atoms with van der Waals surface area (Å²) in [6.07, 6.45) is 1.16. The van der Waals surface area contributed by atoms with Crippen LogP contribution in [0.5, 0.6) is 0 Å². The van der Waals surface area contributed by atoms with Gasteiger partial charge in [-0.2, -0.15) is 5.10 Å². The molecule has 2 aromatic rings. The Bertz CT molecular complexity index is 554. The molecule has 0 amide bonds. The standard InChI is InChI=1S/C12H11BrClFN2O/c1-17-12(9(13)6-16-17)11(18)4-7-2-3-8(15)5-10(7)14/h2-3,5-6,11,18H,4H2,1H3. The Morgan fingerprint density at radius 2 is 2.28 bits per heavy atom. The van der Waals surface area contributed by atoms with Crippen molar-refractivity contribution in [3.05, 3.63) is 51.0 Å². The summed E-state index contributed by atoms with van der Waals surface area (Å²) in [4.78, 5) is 0. The van der Waals surface area contributed by atoms with E-state index in [4.69, 9.17) is 11.6 Å². The highest BCUT2D eigenvalue weighted by Crippen LogP contribution is 2.28. The first kappa shape index (κ1) is 13.5. The molecule has 6 heteroatoms. The van der Waals surface area contributed by atoms with E-state index in [1.54, 1.807) is 24.0 Å². The number of halogens is 3. The molecule has 2 rings (SSSR count). The summed E-state index contributed by atoms with van der Waals surface area (Å²) in [6.45, 7) is 0. The number of hydrogen-bond acceptors (Lipinski definition) is 2. The summed E-state index contributed by atoms with van der Waals surface area (Å²) in [5.74, 6) is -0.389. The first-order chi connectivity index (χ1) is 8.49. The average Bonchev–Trinajstić information content (AvgIpc) is 2.62. The summed E-state index contributed by atoms with van der Waals surface area (Å²) in [5, 5.41) is 14.5. The van der Waals surface area contributed by atoms with Crippen molar-refractivity contribution < 1.29 is 9.50 Å². The van der Waals surface area contributed by atoms with Crippen LogP contribution < -0.4 is 0 Å². The second-order valence-corrected chi connectivity index (χ2v) is 5.22. The normalized spacial score (nSPS) is 12.7. The van der Waals surface area contributed by atoms with Crippen LogP contribution in [0.15, 0.2) is 28.9 Å². The fourth-order valence-corrected chi connectivity index (χ4v) is 2.64. The Balaban J connectivity index is 2.24. The molecule has 0 saturated carbocycles. The number of aryl methyl sites for hydroxylation is 1. The number of nitrogens with zero attached hydrogens (tertiary/aromatic N) is 2. The Morgan fingerprint density at radius 3 is 2.83 bits per heavy atom. The van der Waals surface area contributed by atoms with E-state index >= 15 is 0 Å². The first-order valence-electron chi connectivity index (χ1n) is 5.28. The average molecular weight is 334 g/mol. The van der Waals surface area contributed by atoms with Gasteiger partial charge >= 0.3 is 0 Å². The van der Waals surface area contributed by atoms with E-state index < -0.39 is 6.10 Å². The second kappa shape index (κ2) is 5.38. The number of aromatic nitrogens is 2. The lowest BCUT2D eigenvalue weighted by molar-refractivity contribution is 0.168. The van der Waals surface area contributed by atoms with Crippen molar-refractivity contribution in [1.82, 2.24) is 9.78 Å². The number of benzene rings is 1. The fourth-order valence-electron chi connectivity index (χ4n) is 1.79. The molecule has 1 N–H and O–H groups in total. The molecule has 1 unspecified atom stereocenters. The largest absolute Gasteiger partial charge is 0.386 e. The number of hydrogen-bond donors (Lipinski definition) is 1. The van der Waals surface area contributed by atoms with E-state index in [0.717, 1.165) is 4.47 Å². The van der Waals surface area contributed by atoms with Gasteiger partial charge in [-0.15, -0.1) is 0 Å². The molecule has 1 aromatic heterocycles. The summed E-state index contributed by atoms with van der Waals surface area (Å²) in [6, 6.07) is 4.14. The molecule has 0 bridgehead atoms. The topological polar surface area (TPSA) is 38.0 Å². The summed E-state index contributed by atoms with van der Waals surface area (Å²) in [7, 11) is 1.75. The Hall–Kier alpha value is -0.910. The van der Waals surface area contributed by atoms with Gasteiger partial charge in [0.05, 0.1) is 16.4 Å². The van der Waals surface area contributed by atoms with Crippen molar-refractivity contribution in [3.63, 3.8) is 0 Å². The van der Waals surface area contributed by atoms with Gasteiger partial charge in [-0.05, 0) is 33.6 Å². The lowest BCUT2D eigenvalue weighted by Crippen LogP contribution is -2.09. The minimum Gasteiger partial charge on any atom is -0.386 e. The van der Waals surface area contributed by atoms with Crippen molar-refractivity contribution in [2.75, 3.05) is 0 Å². The van der Waals surface area contributed by atoms with Crippen molar-refractivity contribution in [2.24, 2.45) is 7.05 Å². The van der Waals surface area contributed by atoms with Gasteiger partial charge in [-0.3, -0.25) is 4.68 Å². The zero-order valence-electron chi connectivity index (χ0n) is 9.57. The third-order valence-corrected chi connectivity index (χ3v) is 3.64. The third-order valence-electron chi connectivity index (χ3n) is 2.68. The van der Waals surface area contributed by atoms with E-state index in [2.05, 4.69) is 21.0 Å². The zero-order chi connectivity index (χ0) is 13.3. The highest BCUT2D eigenvalue weighted by atomic mass is 79.9. The van der Waals surface area contributed by atoms with E-state index in [9.17, 15) is 9.50 Å². The lowest BCUT2D eigenvalue weighted by atomic mass is 10.1. The summed E-state index contributed by atoms with van der Waals surface area (Å²) < 4.78 is 15.2. The fraction of sp³-hybridized carbons (Fsp3) is 0.250. The number of aliphatic hydroxyl groups excluding tert-OH is 1. The third kappa shape index (κ3) is 2.74. The second-order valence-electron chi connectivity index (χ2n) is 3.96. The first-order valence-corrected chi connectivity index (χ1v) is 6.45. The molecule has 0 radical (unpaired) electrons. The van der Waals surface area contributed by atoms with Crippen molar-refractivity contribution in [2.45, 2.75) is 12.5 Å². The predicted octanol–water partition coefficient (Wildman–Crippen LogP) is 3.25. The number of rotatable bonds is 3. The quantitative estimate of drug-likeness (QED) is 0.936. The van der Waals surface area contributed by atoms with Gasteiger partial charge in [-0.1, -0.05) is 17.7 Å². The van der Waals surface area contributed by atoms with E-state index in [-0.39, 0.29) is 5.82 Å². The minimum atomic E-state index is -0.755. The van der Waals surface area contributed by atoms with Gasteiger partial charge in [0, 0.05) is 18.5 Å². The molecule has 0 aliphatic heterocycles. The predicted molar refractivity (Wildman–Crippen MR) is 71.0 cm³/mol. The van der Waals surface area contributed by atoms with Crippen LogP contribution in [0.25, 0.3) is 0 Å². The SMILES string of the molecule is Cn1ncc(Br)c1C(O)Cc1ccc(F)cc1Cl. The van der Waals surface area contributed by atoms with Crippen LogP contribution in [0.4, 0.5) is 4.39 Å². The molecule has 0 aliphatic carbocycles. The van der Waals surface area contributed by atoms with Crippen LogP contribution in [0.1, 0.15) is 17.4 Å². The molecule has 0 fully saturated rings. The molecule has 3 nitrogen and oxygen atoms in total. The molecular formula is C12H11BrClFN2O. The van der Waals surface area contributed by atoms with Gasteiger partial charge in [-0.25, -0.2) is 4.39 Å². The van der Waals surface area contributed by atoms with Crippen molar-refractivity contribution in [3.8, 4) is 0 Å². The lowest BCUT2D eigenvalue weighted by Gasteiger charge is -2.13. The molecule has 0 spiro atoms. The van der Waals surface area contributed by atoms with E-state index in [1.165, 1.54) is 12.1 Å². The van der Waals surface area contributed by atoms with Crippen LogP contribution in [0.3, 0.4) is 0 Å². The Labute approximate surface area is 117 Å². The maximum atomic E-state index is 12.9. The Morgan fingerprint density at radius 1 is 1.56 bits per heavy atom. The van der Waals surface area contributed by atoms with E-state index in [0.29, 0.717) is 22.7 Å². The summed E-state index contributed by atoms with van der Waals surface area (Å²) >= 11 is 9.25. The zero-order valence-corrected chi connectivity index (χ0v) is 11.9. The van der Waals surface area contributed by atoms with Gasteiger partial charge in [0.2, 0.25) is 0 Å². The van der Waals surface area contributed by atoms with Crippen LogP contribution in [-0.2, 0) is 13.5 Å². The van der Waals surface area contributed by atoms with Crippen LogP contribution in [0, 0.1) is 5.82 Å². The molecule has 96 valence electrons. The molecule has 1 aromatic carbocycles. The molecular weight excluding hydrogens is 322 g/mol. The van der Waals surface area contributed by atoms with Gasteiger partial charge in [0.1, 0.15) is 11.9 Å². The maximum absolute atomic E-state index is 12.9. The smallest absolute Gasteiger partial charge is 0.124 e. The molecule has 0 saturated heterocycles. The van der Waals surface area contributed by atoms with Gasteiger partial charge < -0.3 is 5.11 Å². The summed E-state index contributed by atoms with van der Waals surface area (Å²) in [5.41, 5.74) is 1.36. The van der Waals surface area contributed by atoms with Crippen LogP contribution in [0.2, 0.25) is 5.02 Å². The van der Waals surface area contributed by atoms with Crippen LogP contribution in [-0.4, -0.2) is 14.9 Å². The van der Waals surface area contributed by atoms with Crippen molar-refractivity contribution >= 4 is 27.5 Å². The minimum absolute atomic E-state index is 0.303. The van der Waals surface area contributed by atoms with Crippen molar-refractivity contribution in [1.29, 1.82) is 0 Å². The molecule has 18 heavy (non-hydrogen) atoms. The van der Waals surface area contributed by atoms with Gasteiger partial charge in [0.15, 0.2) is 0 Å². The molecule has 1 atom stereocenters. The molecule has 0 aliphatic rings. The maximum Gasteiger partial charge on any atom is 0.124 e.